The van der Waals surface area contributed by atoms with Crippen LogP contribution in [0, 0.1) is 17.7 Å². The summed E-state index contributed by atoms with van der Waals surface area (Å²) in [6.07, 6.45) is 0.809. The zero-order chi connectivity index (χ0) is 22.0. The zero-order valence-corrected chi connectivity index (χ0v) is 20.0. The molecule has 0 bridgehead atoms. The van der Waals surface area contributed by atoms with Gasteiger partial charge in [0.05, 0.1) is 0 Å². The SMILES string of the molecule is CC[C@H](C)[C@H](C(=O)O)N1C[C@H](CO[Si](C)(C)C(C)(C)C)[C@@H](c2cccc(F)c2)C1. The lowest BCUT2D eigenvalue weighted by Crippen LogP contribution is -2.45. The van der Waals surface area contributed by atoms with E-state index in [4.69, 9.17) is 4.43 Å². The van der Waals surface area contributed by atoms with Gasteiger partial charge in [-0.05, 0) is 41.7 Å². The maximum Gasteiger partial charge on any atom is 0.321 e. The summed E-state index contributed by atoms with van der Waals surface area (Å²) in [4.78, 5) is 14.1. The lowest BCUT2D eigenvalue weighted by molar-refractivity contribution is -0.145. The fourth-order valence-electron chi connectivity index (χ4n) is 3.93. The smallest absolute Gasteiger partial charge is 0.321 e. The lowest BCUT2D eigenvalue weighted by atomic mass is 9.89. The molecule has 1 aromatic rings. The fourth-order valence-corrected chi connectivity index (χ4v) is 4.99. The summed E-state index contributed by atoms with van der Waals surface area (Å²) in [6.45, 7) is 17.0. The van der Waals surface area contributed by atoms with Gasteiger partial charge in [0.1, 0.15) is 11.9 Å². The van der Waals surface area contributed by atoms with Gasteiger partial charge in [-0.25, -0.2) is 4.39 Å². The summed E-state index contributed by atoms with van der Waals surface area (Å²) in [5.41, 5.74) is 0.935. The Bertz CT molecular complexity index is 704. The maximum atomic E-state index is 13.9. The van der Waals surface area contributed by atoms with E-state index in [0.29, 0.717) is 19.7 Å². The van der Waals surface area contributed by atoms with Gasteiger partial charge in [0.25, 0.3) is 0 Å². The summed E-state index contributed by atoms with van der Waals surface area (Å²) in [5, 5.41) is 9.97. The van der Waals surface area contributed by atoms with Crippen molar-refractivity contribution in [1.82, 2.24) is 4.90 Å². The van der Waals surface area contributed by atoms with Gasteiger partial charge in [-0.15, -0.1) is 0 Å². The van der Waals surface area contributed by atoms with Crippen LogP contribution in [0.3, 0.4) is 0 Å². The molecule has 1 aliphatic heterocycles. The van der Waals surface area contributed by atoms with Crippen molar-refractivity contribution in [2.75, 3.05) is 19.7 Å². The van der Waals surface area contributed by atoms with Crippen LogP contribution in [0.1, 0.15) is 52.5 Å². The maximum absolute atomic E-state index is 13.9. The first-order valence-corrected chi connectivity index (χ1v) is 13.6. The first-order chi connectivity index (χ1) is 13.4. The number of aliphatic carboxylic acids is 1. The third-order valence-corrected chi connectivity index (χ3v) is 11.5. The Morgan fingerprint density at radius 2 is 2.00 bits per heavy atom. The van der Waals surface area contributed by atoms with Crippen LogP contribution in [0.2, 0.25) is 18.1 Å². The molecule has 1 aliphatic rings. The van der Waals surface area contributed by atoms with Gasteiger partial charge < -0.3 is 9.53 Å². The van der Waals surface area contributed by atoms with Crippen molar-refractivity contribution in [3.8, 4) is 0 Å². The van der Waals surface area contributed by atoms with E-state index in [-0.39, 0.29) is 28.6 Å². The molecule has 2 rings (SSSR count). The Kier molecular flexibility index (Phi) is 7.68. The van der Waals surface area contributed by atoms with Gasteiger partial charge >= 0.3 is 5.97 Å². The van der Waals surface area contributed by atoms with Gasteiger partial charge in [0, 0.05) is 31.5 Å². The number of halogens is 1. The van der Waals surface area contributed by atoms with Gasteiger partial charge in [0.15, 0.2) is 8.32 Å². The molecule has 4 nitrogen and oxygen atoms in total. The molecule has 0 radical (unpaired) electrons. The number of carboxylic acid groups (broad SMARTS) is 1. The number of benzene rings is 1. The highest BCUT2D eigenvalue weighted by Gasteiger charge is 2.43. The Morgan fingerprint density at radius 3 is 2.52 bits per heavy atom. The summed E-state index contributed by atoms with van der Waals surface area (Å²) in [7, 11) is -1.92. The predicted molar refractivity (Wildman–Crippen MR) is 118 cm³/mol. The fraction of sp³-hybridized carbons (Fsp3) is 0.696. The lowest BCUT2D eigenvalue weighted by Gasteiger charge is -2.37. The van der Waals surface area contributed by atoms with Gasteiger partial charge in [-0.3, -0.25) is 9.69 Å². The summed E-state index contributed by atoms with van der Waals surface area (Å²) < 4.78 is 20.4. The number of hydrogen-bond acceptors (Lipinski definition) is 3. The Balaban J connectivity index is 2.28. The average Bonchev–Trinajstić information content (AvgIpc) is 3.02. The van der Waals surface area contributed by atoms with Crippen molar-refractivity contribution in [2.45, 2.75) is 71.1 Å². The van der Waals surface area contributed by atoms with E-state index in [0.717, 1.165) is 12.0 Å². The molecule has 0 aromatic heterocycles. The van der Waals surface area contributed by atoms with E-state index < -0.39 is 20.3 Å². The van der Waals surface area contributed by atoms with Crippen LogP contribution in [0.25, 0.3) is 0 Å². The molecule has 0 saturated carbocycles. The molecule has 0 amide bonds. The van der Waals surface area contributed by atoms with E-state index in [1.165, 1.54) is 6.07 Å². The monoisotopic (exact) mass is 423 g/mol. The van der Waals surface area contributed by atoms with E-state index in [1.54, 1.807) is 12.1 Å². The highest BCUT2D eigenvalue weighted by Crippen LogP contribution is 2.40. The largest absolute Gasteiger partial charge is 0.480 e. The van der Waals surface area contributed by atoms with Crippen LogP contribution >= 0.6 is 0 Å². The summed E-state index contributed by atoms with van der Waals surface area (Å²) in [6, 6.07) is 6.22. The molecule has 1 N–H and O–H groups in total. The topological polar surface area (TPSA) is 49.8 Å². The minimum atomic E-state index is -1.92. The van der Waals surface area contributed by atoms with E-state index in [9.17, 15) is 14.3 Å². The Labute approximate surface area is 176 Å². The molecule has 0 aliphatic carbocycles. The van der Waals surface area contributed by atoms with Crippen molar-refractivity contribution < 1.29 is 18.7 Å². The van der Waals surface area contributed by atoms with Gasteiger partial charge in [0.2, 0.25) is 0 Å². The van der Waals surface area contributed by atoms with Gasteiger partial charge in [-0.2, -0.15) is 0 Å². The van der Waals surface area contributed by atoms with Crippen LogP contribution in [0.5, 0.6) is 0 Å². The zero-order valence-electron chi connectivity index (χ0n) is 19.0. The quantitative estimate of drug-likeness (QED) is 0.572. The van der Waals surface area contributed by atoms with Crippen molar-refractivity contribution in [1.29, 1.82) is 0 Å². The minimum absolute atomic E-state index is 0.0562. The van der Waals surface area contributed by atoms with Crippen molar-refractivity contribution >= 4 is 14.3 Å². The molecule has 4 atom stereocenters. The van der Waals surface area contributed by atoms with Crippen LogP contribution in [0.4, 0.5) is 4.39 Å². The predicted octanol–water partition coefficient (Wildman–Crippen LogP) is 5.36. The normalized spacial score (nSPS) is 23.2. The molecule has 1 fully saturated rings. The molecule has 29 heavy (non-hydrogen) atoms. The number of hydrogen-bond donors (Lipinski definition) is 1. The van der Waals surface area contributed by atoms with Crippen LogP contribution < -0.4 is 0 Å². The second kappa shape index (κ2) is 9.27. The van der Waals surface area contributed by atoms with Crippen molar-refractivity contribution in [3.63, 3.8) is 0 Å². The number of likely N-dealkylation sites (tertiary alicyclic amines) is 1. The molecule has 6 heteroatoms. The molecular weight excluding hydrogens is 385 g/mol. The van der Waals surface area contributed by atoms with Crippen LogP contribution in [-0.4, -0.2) is 50.0 Å². The number of nitrogens with zero attached hydrogens (tertiary/aromatic N) is 1. The second-order valence-corrected chi connectivity index (χ2v) is 14.9. The molecule has 164 valence electrons. The molecule has 1 aromatic carbocycles. The standard InChI is InChI=1S/C23H38FNO3Si/c1-8-16(2)21(22(26)27)25-13-18(15-28-29(6,7)23(3,4)5)20(14-25)17-10-9-11-19(24)12-17/h9-12,16,18,20-21H,8,13-15H2,1-7H3,(H,26,27)/t16-,18+,20+,21+/m0/s1. The number of carboxylic acids is 1. The Hall–Kier alpha value is -1.24. The molecule has 1 heterocycles. The minimum Gasteiger partial charge on any atom is -0.480 e. The molecule has 1 saturated heterocycles. The van der Waals surface area contributed by atoms with E-state index in [1.807, 2.05) is 19.9 Å². The molecular formula is C23H38FNO3Si. The third-order valence-electron chi connectivity index (χ3n) is 7.04. The summed E-state index contributed by atoms with van der Waals surface area (Å²) in [5.74, 6) is -0.746. The summed E-state index contributed by atoms with van der Waals surface area (Å²) >= 11 is 0. The first kappa shape index (κ1) is 24.0. The Morgan fingerprint density at radius 1 is 1.34 bits per heavy atom. The van der Waals surface area contributed by atoms with Crippen molar-refractivity contribution in [3.05, 3.63) is 35.6 Å². The second-order valence-electron chi connectivity index (χ2n) is 10.1. The number of rotatable bonds is 8. The molecule has 0 unspecified atom stereocenters. The molecule has 0 spiro atoms. The van der Waals surface area contributed by atoms with Crippen LogP contribution in [-0.2, 0) is 9.22 Å². The average molecular weight is 424 g/mol. The van der Waals surface area contributed by atoms with Gasteiger partial charge in [-0.1, -0.05) is 53.2 Å². The van der Waals surface area contributed by atoms with Crippen LogP contribution in [0.15, 0.2) is 24.3 Å². The highest BCUT2D eigenvalue weighted by atomic mass is 28.4. The highest BCUT2D eigenvalue weighted by molar-refractivity contribution is 6.74. The van der Waals surface area contributed by atoms with E-state index >= 15 is 0 Å². The third kappa shape index (κ3) is 5.67. The van der Waals surface area contributed by atoms with E-state index in [2.05, 4.69) is 38.8 Å². The van der Waals surface area contributed by atoms with Crippen molar-refractivity contribution in [2.24, 2.45) is 11.8 Å². The first-order valence-electron chi connectivity index (χ1n) is 10.7. The number of carbonyl (C=O) groups is 1.